The number of carbonyl (C=O) groups is 1. The van der Waals surface area contributed by atoms with Gasteiger partial charge in [0.25, 0.3) is 0 Å². The van der Waals surface area contributed by atoms with Gasteiger partial charge < -0.3 is 16.6 Å². The van der Waals surface area contributed by atoms with Gasteiger partial charge in [0.15, 0.2) is 5.70 Å². The van der Waals surface area contributed by atoms with E-state index in [0.717, 1.165) is 0 Å². The maximum atomic E-state index is 10.0. The van der Waals surface area contributed by atoms with Crippen LogP contribution in [0.1, 0.15) is 0 Å². The molecule has 0 unspecified atom stereocenters. The average molecular weight is 129 g/mol. The molecule has 0 aromatic heterocycles. The van der Waals surface area contributed by atoms with E-state index in [4.69, 9.17) is 16.6 Å². The highest BCUT2D eigenvalue weighted by Gasteiger charge is 2.05. The van der Waals surface area contributed by atoms with Crippen molar-refractivity contribution >= 4 is 12.7 Å². The molecule has 0 aliphatic carbocycles. The summed E-state index contributed by atoms with van der Waals surface area (Å²) >= 11 is 0. The summed E-state index contributed by atoms with van der Waals surface area (Å²) < 4.78 is 0. The lowest BCUT2D eigenvalue weighted by atomic mass is 10.4. The van der Waals surface area contributed by atoms with Gasteiger partial charge in [-0.15, -0.1) is 0 Å². The van der Waals surface area contributed by atoms with Crippen molar-refractivity contribution in [2.45, 2.75) is 0 Å². The van der Waals surface area contributed by atoms with Gasteiger partial charge in [-0.2, -0.15) is 0 Å². The van der Waals surface area contributed by atoms with E-state index in [0.29, 0.717) is 0 Å². The van der Waals surface area contributed by atoms with Crippen LogP contribution >= 0.6 is 0 Å². The molecule has 0 aromatic rings. The van der Waals surface area contributed by atoms with Crippen molar-refractivity contribution in [1.29, 1.82) is 0 Å². The number of nitrogens with zero attached hydrogens (tertiary/aromatic N) is 1. The highest BCUT2D eigenvalue weighted by molar-refractivity contribution is 5.87. The summed E-state index contributed by atoms with van der Waals surface area (Å²) in [6.07, 6.45) is 0. The lowest BCUT2D eigenvalue weighted by Gasteiger charge is -1.93. The smallest absolute Gasteiger partial charge is 0.358 e. The van der Waals surface area contributed by atoms with Crippen LogP contribution < -0.4 is 11.5 Å². The standard InChI is InChI=1S/C4H7N3O2/c1-7-2(3(5)6)4(8)9/h1,5-6H2,(H,8,9). The minimum Gasteiger partial charge on any atom is -0.476 e. The van der Waals surface area contributed by atoms with Crippen LogP contribution in [0, 0.1) is 0 Å². The molecule has 0 fully saturated rings. The third kappa shape index (κ3) is 1.81. The highest BCUT2D eigenvalue weighted by Crippen LogP contribution is 1.93. The Morgan fingerprint density at radius 3 is 2.00 bits per heavy atom. The highest BCUT2D eigenvalue weighted by atomic mass is 16.4. The van der Waals surface area contributed by atoms with Gasteiger partial charge in [-0.1, -0.05) is 0 Å². The molecule has 5 heteroatoms. The van der Waals surface area contributed by atoms with Crippen LogP contribution in [-0.2, 0) is 4.79 Å². The quantitative estimate of drug-likeness (QED) is 0.324. The molecule has 0 atom stereocenters. The van der Waals surface area contributed by atoms with Gasteiger partial charge in [0.2, 0.25) is 0 Å². The van der Waals surface area contributed by atoms with Crippen molar-refractivity contribution in [2.75, 3.05) is 0 Å². The van der Waals surface area contributed by atoms with E-state index in [1.54, 1.807) is 0 Å². The molecule has 5 nitrogen and oxygen atoms in total. The minimum atomic E-state index is -1.27. The van der Waals surface area contributed by atoms with E-state index in [2.05, 4.69) is 11.7 Å². The number of carboxylic acid groups (broad SMARTS) is 1. The number of hydrogen-bond acceptors (Lipinski definition) is 4. The third-order valence-corrected chi connectivity index (χ3v) is 0.634. The normalized spacial score (nSPS) is 8.00. The molecule has 0 radical (unpaired) electrons. The van der Waals surface area contributed by atoms with E-state index >= 15 is 0 Å². The van der Waals surface area contributed by atoms with Crippen molar-refractivity contribution < 1.29 is 9.90 Å². The average Bonchev–Trinajstić information content (AvgIpc) is 1.64. The Hall–Kier alpha value is -1.52. The van der Waals surface area contributed by atoms with Crippen LogP contribution in [0.2, 0.25) is 0 Å². The molecule has 0 heterocycles. The van der Waals surface area contributed by atoms with Crippen molar-refractivity contribution in [2.24, 2.45) is 16.5 Å². The second kappa shape index (κ2) is 2.71. The van der Waals surface area contributed by atoms with Crippen LogP contribution in [0.4, 0.5) is 0 Å². The van der Waals surface area contributed by atoms with Gasteiger partial charge >= 0.3 is 5.97 Å². The molecular formula is C4H7N3O2. The first kappa shape index (κ1) is 7.48. The summed E-state index contributed by atoms with van der Waals surface area (Å²) in [4.78, 5) is 13.1. The van der Waals surface area contributed by atoms with Crippen molar-refractivity contribution in [1.82, 2.24) is 0 Å². The number of carboxylic acids is 1. The molecule has 0 aromatic carbocycles. The van der Waals surface area contributed by atoms with E-state index < -0.39 is 11.7 Å². The van der Waals surface area contributed by atoms with Crippen LogP contribution in [-0.4, -0.2) is 17.8 Å². The molecule has 9 heavy (non-hydrogen) atoms. The van der Waals surface area contributed by atoms with Gasteiger partial charge in [0, 0.05) is 0 Å². The van der Waals surface area contributed by atoms with Crippen molar-refractivity contribution in [3.05, 3.63) is 11.5 Å². The summed E-state index contributed by atoms with van der Waals surface area (Å²) in [5.41, 5.74) is 9.37. The monoisotopic (exact) mass is 129 g/mol. The number of nitrogens with two attached hydrogens (primary N) is 2. The zero-order chi connectivity index (χ0) is 7.44. The molecular weight excluding hydrogens is 122 g/mol. The maximum absolute atomic E-state index is 10.0. The Balaban J connectivity index is 4.55. The molecule has 0 aliphatic heterocycles. The fraction of sp³-hybridized carbons (Fsp3) is 0. The molecule has 0 rings (SSSR count). The van der Waals surface area contributed by atoms with Crippen molar-refractivity contribution in [3.8, 4) is 0 Å². The second-order valence-electron chi connectivity index (χ2n) is 1.27. The number of hydrogen-bond donors (Lipinski definition) is 3. The summed E-state index contributed by atoms with van der Waals surface area (Å²) in [7, 11) is 0. The second-order valence-corrected chi connectivity index (χ2v) is 1.27. The summed E-state index contributed by atoms with van der Waals surface area (Å²) in [6.45, 7) is 2.95. The minimum absolute atomic E-state index is 0.336. The van der Waals surface area contributed by atoms with Crippen LogP contribution in [0.25, 0.3) is 0 Å². The van der Waals surface area contributed by atoms with Crippen LogP contribution in [0.5, 0.6) is 0 Å². The largest absolute Gasteiger partial charge is 0.476 e. The lowest BCUT2D eigenvalue weighted by Crippen LogP contribution is -2.15. The first-order valence-corrected chi connectivity index (χ1v) is 2.04. The Kier molecular flexibility index (Phi) is 2.25. The molecule has 5 N–H and O–H groups in total. The Bertz CT molecular complexity index is 169. The summed E-state index contributed by atoms with van der Waals surface area (Å²) in [5, 5.41) is 8.19. The van der Waals surface area contributed by atoms with Gasteiger partial charge in [-0.25, -0.2) is 4.79 Å². The van der Waals surface area contributed by atoms with E-state index in [1.165, 1.54) is 0 Å². The van der Waals surface area contributed by atoms with Crippen molar-refractivity contribution in [3.63, 3.8) is 0 Å². The van der Waals surface area contributed by atoms with Gasteiger partial charge in [-0.3, -0.25) is 4.99 Å². The lowest BCUT2D eigenvalue weighted by molar-refractivity contribution is -0.132. The number of aliphatic carboxylic acids is 1. The fourth-order valence-corrected chi connectivity index (χ4v) is 0.282. The zero-order valence-electron chi connectivity index (χ0n) is 4.66. The number of rotatable bonds is 2. The Morgan fingerprint density at radius 1 is 1.56 bits per heavy atom. The van der Waals surface area contributed by atoms with Crippen LogP contribution in [0.3, 0.4) is 0 Å². The molecule has 0 amide bonds. The first-order chi connectivity index (χ1) is 4.09. The van der Waals surface area contributed by atoms with E-state index in [1.807, 2.05) is 0 Å². The zero-order valence-corrected chi connectivity index (χ0v) is 4.66. The van der Waals surface area contributed by atoms with Gasteiger partial charge in [0.05, 0.1) is 0 Å². The maximum Gasteiger partial charge on any atom is 0.358 e. The number of aliphatic imine (C=N–C) groups is 1. The molecule has 0 saturated carbocycles. The van der Waals surface area contributed by atoms with E-state index in [-0.39, 0.29) is 5.82 Å². The molecule has 50 valence electrons. The predicted molar refractivity (Wildman–Crippen MR) is 32.6 cm³/mol. The molecule has 0 saturated heterocycles. The fourth-order valence-electron chi connectivity index (χ4n) is 0.282. The predicted octanol–water partition coefficient (Wildman–Crippen LogP) is -1.14. The molecule has 0 aliphatic rings. The van der Waals surface area contributed by atoms with E-state index in [9.17, 15) is 4.79 Å². The Labute approximate surface area is 51.7 Å². The molecule has 0 spiro atoms. The van der Waals surface area contributed by atoms with Gasteiger partial charge in [0.1, 0.15) is 5.82 Å². The summed E-state index contributed by atoms with van der Waals surface area (Å²) in [5.74, 6) is -1.61. The van der Waals surface area contributed by atoms with Gasteiger partial charge in [-0.05, 0) is 6.72 Å². The Morgan fingerprint density at radius 2 is 2.00 bits per heavy atom. The SMILES string of the molecule is C=NC(C(=O)O)=C(N)N. The summed E-state index contributed by atoms with van der Waals surface area (Å²) in [6, 6.07) is 0. The third-order valence-electron chi connectivity index (χ3n) is 0.634. The first-order valence-electron chi connectivity index (χ1n) is 2.04. The topological polar surface area (TPSA) is 102 Å². The van der Waals surface area contributed by atoms with Crippen LogP contribution in [0.15, 0.2) is 16.5 Å². The molecule has 0 bridgehead atoms.